The first kappa shape index (κ1) is 27.2. The Morgan fingerprint density at radius 3 is 2.44 bits per heavy atom. The molecule has 15 heteroatoms. The van der Waals surface area contributed by atoms with Crippen molar-refractivity contribution in [3.63, 3.8) is 0 Å². The van der Waals surface area contributed by atoms with Gasteiger partial charge in [-0.3, -0.25) is 9.11 Å². The maximum atomic E-state index is 14.1. The molecule has 2 aliphatic heterocycles. The Morgan fingerprint density at radius 1 is 1.11 bits per heavy atom. The Balaban J connectivity index is 0.000000214. The lowest BCUT2D eigenvalue weighted by Crippen LogP contribution is -2.34. The second-order valence-electron chi connectivity index (χ2n) is 8.11. The van der Waals surface area contributed by atoms with Gasteiger partial charge >= 0.3 is 16.4 Å². The Labute approximate surface area is 205 Å². The number of primary amides is 1. The molecule has 12 nitrogen and oxygen atoms in total. The number of nitrogens with two attached hydrogens (primary N) is 1. The average Bonchev–Trinajstić information content (AvgIpc) is 3.54. The molecule has 0 bridgehead atoms. The largest absolute Gasteiger partial charge is 0.394 e. The van der Waals surface area contributed by atoms with Crippen molar-refractivity contribution in [1.29, 1.82) is 0 Å². The van der Waals surface area contributed by atoms with Crippen LogP contribution in [0.25, 0.3) is 5.65 Å². The number of β-amino-alcohol motifs (C(OH)–C–C–N with tert-alkyl or cyclic N) is 1. The van der Waals surface area contributed by atoms with Crippen molar-refractivity contribution in [2.75, 3.05) is 24.5 Å². The van der Waals surface area contributed by atoms with E-state index in [1.54, 1.807) is 10.7 Å². The summed E-state index contributed by atoms with van der Waals surface area (Å²) in [6.07, 6.45) is 5.51. The molecular formula is C21H26F2N6O6S. The third kappa shape index (κ3) is 7.55. The summed E-state index contributed by atoms with van der Waals surface area (Å²) in [5, 5.41) is 13.0. The van der Waals surface area contributed by atoms with E-state index in [1.807, 2.05) is 23.2 Å². The van der Waals surface area contributed by atoms with Crippen LogP contribution in [0.4, 0.5) is 19.4 Å². The number of fused-ring (bicyclic) bond motifs is 1. The molecule has 1 unspecified atom stereocenters. The van der Waals surface area contributed by atoms with Crippen molar-refractivity contribution in [3.05, 3.63) is 59.9 Å². The number of aromatic nitrogens is 3. The van der Waals surface area contributed by atoms with Gasteiger partial charge in [0.2, 0.25) is 0 Å². The summed E-state index contributed by atoms with van der Waals surface area (Å²) in [4.78, 5) is 18.4. The van der Waals surface area contributed by atoms with Crippen molar-refractivity contribution in [1.82, 2.24) is 19.5 Å². The summed E-state index contributed by atoms with van der Waals surface area (Å²) in [7, 11) is -4.67. The molecular weight excluding hydrogens is 502 g/mol. The molecule has 2 saturated heterocycles. The number of urea groups is 1. The molecule has 3 aromatic rings. The highest BCUT2D eigenvalue weighted by Gasteiger charge is 2.29. The van der Waals surface area contributed by atoms with Crippen LogP contribution in [0.2, 0.25) is 0 Å². The number of nitrogens with zero attached hydrogens (tertiary/aromatic N) is 5. The van der Waals surface area contributed by atoms with E-state index in [9.17, 15) is 13.6 Å². The van der Waals surface area contributed by atoms with Gasteiger partial charge in [0.15, 0.2) is 5.65 Å². The van der Waals surface area contributed by atoms with Crippen molar-refractivity contribution >= 4 is 27.9 Å². The summed E-state index contributed by atoms with van der Waals surface area (Å²) in [6.45, 7) is 1.77. The Hall–Kier alpha value is -3.40. The fraction of sp³-hybridized carbons (Fsp3) is 0.381. The lowest BCUT2D eigenvalue weighted by Gasteiger charge is -2.26. The first-order valence-electron chi connectivity index (χ1n) is 10.9. The van der Waals surface area contributed by atoms with E-state index in [0.29, 0.717) is 25.1 Å². The zero-order valence-electron chi connectivity index (χ0n) is 19.0. The second-order valence-corrected chi connectivity index (χ2v) is 9.01. The maximum Gasteiger partial charge on any atom is 0.394 e. The molecule has 0 saturated carbocycles. The van der Waals surface area contributed by atoms with Gasteiger partial charge in [-0.2, -0.15) is 13.5 Å². The number of aliphatic hydroxyl groups is 1. The lowest BCUT2D eigenvalue weighted by atomic mass is 10.0. The van der Waals surface area contributed by atoms with Crippen molar-refractivity contribution in [2.45, 2.75) is 31.4 Å². The maximum absolute atomic E-state index is 14.1. The molecule has 5 rings (SSSR count). The van der Waals surface area contributed by atoms with E-state index >= 15 is 0 Å². The van der Waals surface area contributed by atoms with Gasteiger partial charge in [-0.05, 0) is 43.5 Å². The van der Waals surface area contributed by atoms with Gasteiger partial charge in [0.05, 0.1) is 18.3 Å². The van der Waals surface area contributed by atoms with Crippen molar-refractivity contribution in [3.8, 4) is 0 Å². The number of halogens is 2. The highest BCUT2D eigenvalue weighted by molar-refractivity contribution is 7.79. The fourth-order valence-corrected chi connectivity index (χ4v) is 4.04. The fourth-order valence-electron chi connectivity index (χ4n) is 4.04. The lowest BCUT2D eigenvalue weighted by molar-refractivity contribution is 0.175. The molecule has 2 aromatic heterocycles. The minimum atomic E-state index is -4.67. The average molecular weight is 529 g/mol. The van der Waals surface area contributed by atoms with Gasteiger partial charge in [-0.15, -0.1) is 0 Å². The number of hydrogen-bond acceptors (Lipinski definition) is 7. The van der Waals surface area contributed by atoms with Crippen molar-refractivity contribution in [2.24, 2.45) is 5.73 Å². The molecule has 36 heavy (non-hydrogen) atoms. The summed E-state index contributed by atoms with van der Waals surface area (Å²) < 4.78 is 60.8. The molecule has 2 amide bonds. The normalized spacial score (nSPS) is 19.5. The standard InChI is InChI=1S/C16H14F2N4.C5H10N2O2.H2O4S/c17-11-3-4-13(18)12(10-11)14-2-1-8-21(14)15-6-9-22-16(20-15)5-7-19-22;6-5(9)7-2-1-4(8)3-7;1-5(2,3)4/h3-7,9-10,14H,1-2,8H2;4,8H,1-3H2,(H2,6,9);(H2,1,2,3,4)/t14-;;/m1../s1. The van der Waals surface area contributed by atoms with E-state index in [4.69, 9.17) is 28.4 Å². The van der Waals surface area contributed by atoms with Crippen LogP contribution < -0.4 is 10.6 Å². The molecule has 2 fully saturated rings. The molecule has 1 aromatic carbocycles. The Kier molecular flexibility index (Phi) is 8.73. The van der Waals surface area contributed by atoms with Crippen LogP contribution in [0.15, 0.2) is 42.7 Å². The third-order valence-electron chi connectivity index (χ3n) is 5.58. The number of aliphatic hydroxyl groups excluding tert-OH is 1. The molecule has 5 N–H and O–H groups in total. The number of rotatable bonds is 2. The zero-order chi connectivity index (χ0) is 26.5. The number of amides is 2. The first-order chi connectivity index (χ1) is 16.9. The summed E-state index contributed by atoms with van der Waals surface area (Å²) in [6, 6.07) is 6.67. The number of anilines is 1. The van der Waals surface area contributed by atoms with Crippen LogP contribution in [0.3, 0.4) is 0 Å². The molecule has 2 aliphatic rings. The highest BCUT2D eigenvalue weighted by Crippen LogP contribution is 2.36. The molecule has 2 atom stereocenters. The van der Waals surface area contributed by atoms with Crippen molar-refractivity contribution < 1.29 is 36.2 Å². The van der Waals surface area contributed by atoms with Crippen LogP contribution in [-0.2, 0) is 10.4 Å². The molecule has 0 radical (unpaired) electrons. The molecule has 0 aliphatic carbocycles. The van der Waals surface area contributed by atoms with Crippen LogP contribution in [0.5, 0.6) is 0 Å². The second kappa shape index (κ2) is 11.6. The molecule has 196 valence electrons. The molecule has 0 spiro atoms. The van der Waals surface area contributed by atoms with Gasteiger partial charge in [0.1, 0.15) is 17.5 Å². The third-order valence-corrected chi connectivity index (χ3v) is 5.58. The van der Waals surface area contributed by atoms with Crippen LogP contribution in [-0.4, -0.2) is 73.9 Å². The summed E-state index contributed by atoms with van der Waals surface area (Å²) in [5.74, 6) is -0.0228. The predicted molar refractivity (Wildman–Crippen MR) is 125 cm³/mol. The number of benzene rings is 1. The highest BCUT2D eigenvalue weighted by atomic mass is 32.3. The van der Waals surface area contributed by atoms with E-state index in [-0.39, 0.29) is 18.0 Å². The predicted octanol–water partition coefficient (Wildman–Crippen LogP) is 1.83. The van der Waals surface area contributed by atoms with E-state index in [1.165, 1.54) is 17.0 Å². The van der Waals surface area contributed by atoms with E-state index in [2.05, 4.69) is 10.1 Å². The van der Waals surface area contributed by atoms with Gasteiger partial charge < -0.3 is 20.6 Å². The quantitative estimate of drug-likeness (QED) is 0.362. The van der Waals surface area contributed by atoms with Crippen LogP contribution in [0.1, 0.15) is 30.9 Å². The van der Waals surface area contributed by atoms with Gasteiger partial charge in [-0.1, -0.05) is 0 Å². The number of carbonyl (C=O) groups excluding carboxylic acids is 1. The van der Waals surface area contributed by atoms with Gasteiger partial charge in [-0.25, -0.2) is 23.1 Å². The smallest absolute Gasteiger partial charge is 0.391 e. The topological polar surface area (TPSA) is 175 Å². The minimum absolute atomic E-state index is 0.187. The summed E-state index contributed by atoms with van der Waals surface area (Å²) in [5.41, 5.74) is 6.07. The summed E-state index contributed by atoms with van der Waals surface area (Å²) >= 11 is 0. The van der Waals surface area contributed by atoms with E-state index in [0.717, 1.165) is 36.9 Å². The van der Waals surface area contributed by atoms with Gasteiger partial charge in [0.25, 0.3) is 0 Å². The SMILES string of the molecule is Fc1ccc(F)c([C@H]2CCCN2c2ccn3nccc3n2)c1.NC(=O)N1CCC(O)C1.O=S(=O)(O)O. The Bertz CT molecular complexity index is 1300. The van der Waals surface area contributed by atoms with Crippen LogP contribution >= 0.6 is 0 Å². The monoisotopic (exact) mass is 528 g/mol. The minimum Gasteiger partial charge on any atom is -0.391 e. The van der Waals surface area contributed by atoms with Gasteiger partial charge in [0, 0.05) is 37.5 Å². The number of likely N-dealkylation sites (tertiary alicyclic amines) is 1. The molecule has 4 heterocycles. The number of hydrogen-bond donors (Lipinski definition) is 4. The number of carbonyl (C=O) groups is 1. The first-order valence-corrected chi connectivity index (χ1v) is 12.3. The zero-order valence-corrected chi connectivity index (χ0v) is 19.8. The van der Waals surface area contributed by atoms with Crippen LogP contribution in [0, 0.1) is 11.6 Å². The van der Waals surface area contributed by atoms with E-state index < -0.39 is 22.2 Å². The Morgan fingerprint density at radius 2 is 1.83 bits per heavy atom.